The topological polar surface area (TPSA) is 63.9 Å². The van der Waals surface area contributed by atoms with E-state index in [1.807, 2.05) is 30.3 Å². The molecule has 134 valence electrons. The van der Waals surface area contributed by atoms with Crippen LogP contribution >= 0.6 is 11.8 Å². The number of tetrazole rings is 1. The first kappa shape index (κ1) is 17.9. The molecule has 25 heavy (non-hydrogen) atoms. The first-order valence-corrected chi connectivity index (χ1v) is 10.0. The number of para-hydroxylation sites is 1. The predicted octanol–water partition coefficient (Wildman–Crippen LogP) is 3.33. The normalized spacial score (nSPS) is 15.2. The number of carbonyl (C=O) groups is 1. The van der Waals surface area contributed by atoms with Gasteiger partial charge in [0.25, 0.3) is 0 Å². The van der Waals surface area contributed by atoms with Crippen LogP contribution in [0.2, 0.25) is 0 Å². The first-order valence-electron chi connectivity index (χ1n) is 9.05. The van der Waals surface area contributed by atoms with Crippen molar-refractivity contribution in [3.63, 3.8) is 0 Å². The molecule has 1 saturated carbocycles. The van der Waals surface area contributed by atoms with E-state index in [1.54, 1.807) is 4.68 Å². The zero-order valence-corrected chi connectivity index (χ0v) is 15.5. The standard InChI is InChI=1S/C18H25N5OS/c1-2-22(15-9-5-3-6-10-15)17(24)13-14-25-18-19-20-21-23(18)16-11-7-4-8-12-16/h4,7-8,11-12,15H,2-3,5-6,9-10,13-14H2,1H3. The SMILES string of the molecule is CCN(C(=O)CCSc1nnnn1-c1ccccc1)C1CCCCC1. The Morgan fingerprint density at radius 1 is 1.24 bits per heavy atom. The number of aromatic nitrogens is 4. The molecular weight excluding hydrogens is 334 g/mol. The lowest BCUT2D eigenvalue weighted by atomic mass is 9.94. The number of rotatable bonds is 7. The van der Waals surface area contributed by atoms with E-state index in [2.05, 4.69) is 27.3 Å². The molecule has 0 radical (unpaired) electrons. The molecule has 0 atom stereocenters. The lowest BCUT2D eigenvalue weighted by Crippen LogP contribution is -2.41. The highest BCUT2D eigenvalue weighted by atomic mass is 32.2. The maximum absolute atomic E-state index is 12.6. The molecule has 1 fully saturated rings. The fourth-order valence-corrected chi connectivity index (χ4v) is 4.22. The Morgan fingerprint density at radius 3 is 2.72 bits per heavy atom. The van der Waals surface area contributed by atoms with E-state index in [9.17, 15) is 4.79 Å². The summed E-state index contributed by atoms with van der Waals surface area (Å²) >= 11 is 1.53. The fourth-order valence-electron chi connectivity index (χ4n) is 3.40. The second-order valence-electron chi connectivity index (χ2n) is 6.28. The molecule has 0 N–H and O–H groups in total. The van der Waals surface area contributed by atoms with E-state index < -0.39 is 0 Å². The van der Waals surface area contributed by atoms with Crippen LogP contribution in [0.1, 0.15) is 45.4 Å². The molecule has 1 heterocycles. The number of carbonyl (C=O) groups excluding carboxylic acids is 1. The van der Waals surface area contributed by atoms with Crippen molar-refractivity contribution in [2.24, 2.45) is 0 Å². The van der Waals surface area contributed by atoms with Crippen molar-refractivity contribution in [2.45, 2.75) is 56.6 Å². The molecule has 1 aliphatic rings. The monoisotopic (exact) mass is 359 g/mol. The van der Waals surface area contributed by atoms with Gasteiger partial charge in [-0.15, -0.1) is 5.10 Å². The molecule has 7 heteroatoms. The minimum atomic E-state index is 0.251. The quantitative estimate of drug-likeness (QED) is 0.710. The van der Waals surface area contributed by atoms with Gasteiger partial charge >= 0.3 is 0 Å². The molecule has 1 aromatic carbocycles. The molecule has 6 nitrogen and oxygen atoms in total. The highest BCUT2D eigenvalue weighted by Crippen LogP contribution is 2.24. The van der Waals surface area contributed by atoms with Crippen molar-refractivity contribution in [3.8, 4) is 5.69 Å². The van der Waals surface area contributed by atoms with E-state index in [0.717, 1.165) is 30.2 Å². The Bertz CT molecular complexity index is 669. The van der Waals surface area contributed by atoms with Gasteiger partial charge in [0.05, 0.1) is 5.69 Å². The van der Waals surface area contributed by atoms with E-state index in [1.165, 1.54) is 31.0 Å². The van der Waals surface area contributed by atoms with Gasteiger partial charge < -0.3 is 4.90 Å². The van der Waals surface area contributed by atoms with E-state index in [-0.39, 0.29) is 5.91 Å². The van der Waals surface area contributed by atoms with Crippen LogP contribution < -0.4 is 0 Å². The Balaban J connectivity index is 1.54. The van der Waals surface area contributed by atoms with Crippen molar-refractivity contribution in [1.29, 1.82) is 0 Å². The lowest BCUT2D eigenvalue weighted by molar-refractivity contribution is -0.133. The summed E-state index contributed by atoms with van der Waals surface area (Å²) in [5.74, 6) is 0.940. The highest BCUT2D eigenvalue weighted by Gasteiger charge is 2.23. The van der Waals surface area contributed by atoms with Crippen molar-refractivity contribution >= 4 is 17.7 Å². The third-order valence-corrected chi connectivity index (χ3v) is 5.59. The first-order chi connectivity index (χ1) is 12.3. The Kier molecular flexibility index (Phi) is 6.44. The van der Waals surface area contributed by atoms with Crippen LogP contribution in [0, 0.1) is 0 Å². The molecule has 0 saturated heterocycles. The molecule has 2 aromatic rings. The molecular formula is C18H25N5OS. The molecule has 3 rings (SSSR count). The highest BCUT2D eigenvalue weighted by molar-refractivity contribution is 7.99. The van der Waals surface area contributed by atoms with E-state index in [4.69, 9.17) is 0 Å². The summed E-state index contributed by atoms with van der Waals surface area (Å²) in [6.45, 7) is 2.88. The van der Waals surface area contributed by atoms with Gasteiger partial charge in [-0.25, -0.2) is 0 Å². The van der Waals surface area contributed by atoms with Crippen LogP contribution in [0.25, 0.3) is 5.69 Å². The largest absolute Gasteiger partial charge is 0.340 e. The summed E-state index contributed by atoms with van der Waals surface area (Å²) in [5.41, 5.74) is 0.929. The number of thioether (sulfide) groups is 1. The summed E-state index contributed by atoms with van der Waals surface area (Å²) in [7, 11) is 0. The van der Waals surface area contributed by atoms with Crippen molar-refractivity contribution in [3.05, 3.63) is 30.3 Å². The van der Waals surface area contributed by atoms with Crippen molar-refractivity contribution < 1.29 is 4.79 Å². The molecule has 0 spiro atoms. The molecule has 1 aromatic heterocycles. The minimum Gasteiger partial charge on any atom is -0.340 e. The van der Waals surface area contributed by atoms with Crippen molar-refractivity contribution in [2.75, 3.05) is 12.3 Å². The smallest absolute Gasteiger partial charge is 0.223 e. The van der Waals surface area contributed by atoms with E-state index >= 15 is 0 Å². The zero-order chi connectivity index (χ0) is 17.5. The maximum Gasteiger partial charge on any atom is 0.223 e. The molecule has 0 bridgehead atoms. The number of nitrogens with zero attached hydrogens (tertiary/aromatic N) is 5. The average Bonchev–Trinajstić information content (AvgIpc) is 3.12. The van der Waals surface area contributed by atoms with Gasteiger partial charge in [0.15, 0.2) is 0 Å². The number of hydrogen-bond donors (Lipinski definition) is 0. The number of benzene rings is 1. The third kappa shape index (κ3) is 4.60. The fraction of sp³-hybridized carbons (Fsp3) is 0.556. The predicted molar refractivity (Wildman–Crippen MR) is 98.8 cm³/mol. The second-order valence-corrected chi connectivity index (χ2v) is 7.34. The average molecular weight is 359 g/mol. The van der Waals surface area contributed by atoms with Gasteiger partial charge in [-0.1, -0.05) is 49.2 Å². The minimum absolute atomic E-state index is 0.251. The van der Waals surface area contributed by atoms with Crippen LogP contribution in [-0.2, 0) is 4.79 Å². The van der Waals surface area contributed by atoms with Crippen LogP contribution in [0.15, 0.2) is 35.5 Å². The van der Waals surface area contributed by atoms with Gasteiger partial charge in [0.1, 0.15) is 0 Å². The van der Waals surface area contributed by atoms with Crippen molar-refractivity contribution in [1.82, 2.24) is 25.1 Å². The Labute approximate surface area is 153 Å². The number of amides is 1. The summed E-state index contributed by atoms with van der Waals surface area (Å²) in [4.78, 5) is 14.7. The molecule has 1 aliphatic carbocycles. The number of hydrogen-bond acceptors (Lipinski definition) is 5. The Hall–Kier alpha value is -1.89. The van der Waals surface area contributed by atoms with E-state index in [0.29, 0.717) is 18.2 Å². The molecule has 0 aliphatic heterocycles. The van der Waals surface area contributed by atoms with Gasteiger partial charge in [-0.2, -0.15) is 4.68 Å². The summed E-state index contributed by atoms with van der Waals surface area (Å²) in [6.07, 6.45) is 6.62. The summed E-state index contributed by atoms with van der Waals surface area (Å²) in [5, 5.41) is 12.6. The van der Waals surface area contributed by atoms with Crippen LogP contribution in [0.4, 0.5) is 0 Å². The molecule has 0 unspecified atom stereocenters. The zero-order valence-electron chi connectivity index (χ0n) is 14.7. The van der Waals surface area contributed by atoms with Crippen LogP contribution in [0.3, 0.4) is 0 Å². The summed E-state index contributed by atoms with van der Waals surface area (Å²) < 4.78 is 1.72. The van der Waals surface area contributed by atoms with Gasteiger partial charge in [0, 0.05) is 24.8 Å². The third-order valence-electron chi connectivity index (χ3n) is 4.67. The van der Waals surface area contributed by atoms with Gasteiger partial charge in [-0.05, 0) is 42.3 Å². The van der Waals surface area contributed by atoms with Gasteiger partial charge in [-0.3, -0.25) is 4.79 Å². The second kappa shape index (κ2) is 8.99. The van der Waals surface area contributed by atoms with Crippen LogP contribution in [-0.4, -0.2) is 49.4 Å². The maximum atomic E-state index is 12.6. The van der Waals surface area contributed by atoms with Crippen LogP contribution in [0.5, 0.6) is 0 Å². The Morgan fingerprint density at radius 2 is 2.00 bits per heavy atom. The van der Waals surface area contributed by atoms with Gasteiger partial charge in [0.2, 0.25) is 11.1 Å². The molecule has 1 amide bonds. The summed E-state index contributed by atoms with van der Waals surface area (Å²) in [6, 6.07) is 10.2. The lowest BCUT2D eigenvalue weighted by Gasteiger charge is -2.33.